The monoisotopic (exact) mass is 351 g/mol. The van der Waals surface area contributed by atoms with Gasteiger partial charge in [0.05, 0.1) is 6.10 Å². The molecule has 4 heteroatoms. The van der Waals surface area contributed by atoms with Gasteiger partial charge in [0.1, 0.15) is 5.82 Å². The van der Waals surface area contributed by atoms with Crippen molar-refractivity contribution in [2.45, 2.75) is 25.5 Å². The maximum Gasteiger partial charge on any atom is 0.124 e. The fourth-order valence-corrected chi connectivity index (χ4v) is 2.91. The molecule has 2 aromatic carbocycles. The molecule has 0 aliphatic heterocycles. The van der Waals surface area contributed by atoms with Gasteiger partial charge in [0.15, 0.2) is 0 Å². The first-order valence-corrected chi connectivity index (χ1v) is 7.76. The van der Waals surface area contributed by atoms with Crippen molar-refractivity contribution >= 4 is 15.9 Å². The maximum atomic E-state index is 13.4. The molecule has 2 N–H and O–H groups in total. The molecule has 0 fully saturated rings. The zero-order chi connectivity index (χ0) is 15.2. The maximum absolute atomic E-state index is 13.4. The number of hydrogen-bond donors (Lipinski definition) is 1. The summed E-state index contributed by atoms with van der Waals surface area (Å²) in [5, 5.41) is 0. The summed E-state index contributed by atoms with van der Waals surface area (Å²) in [7, 11) is 0. The lowest BCUT2D eigenvalue weighted by molar-refractivity contribution is 0.0433. The normalized spacial score (nSPS) is 13.9. The van der Waals surface area contributed by atoms with Gasteiger partial charge < -0.3 is 10.5 Å². The first-order chi connectivity index (χ1) is 10.1. The molecule has 0 saturated heterocycles. The smallest absolute Gasteiger partial charge is 0.124 e. The van der Waals surface area contributed by atoms with E-state index in [2.05, 4.69) is 15.9 Å². The minimum absolute atomic E-state index is 0.196. The quantitative estimate of drug-likeness (QED) is 0.844. The third kappa shape index (κ3) is 4.63. The van der Waals surface area contributed by atoms with E-state index in [9.17, 15) is 4.39 Å². The molecule has 112 valence electrons. The topological polar surface area (TPSA) is 35.2 Å². The summed E-state index contributed by atoms with van der Waals surface area (Å²) < 4.78 is 20.0. The van der Waals surface area contributed by atoms with Gasteiger partial charge in [0.25, 0.3) is 0 Å². The summed E-state index contributed by atoms with van der Waals surface area (Å²) in [6.07, 6.45) is 0.355. The van der Waals surface area contributed by atoms with Crippen molar-refractivity contribution in [3.05, 3.63) is 69.9 Å². The van der Waals surface area contributed by atoms with Crippen LogP contribution >= 0.6 is 15.9 Å². The molecule has 0 spiro atoms. The predicted octanol–water partition coefficient (Wildman–Crippen LogP) is 4.24. The van der Waals surface area contributed by atoms with E-state index in [1.54, 1.807) is 0 Å². The molecule has 0 aromatic heterocycles. The SMILES string of the molecule is CCOC(c1ccccc1)C(N)Cc1cc(F)cc(Br)c1. The van der Waals surface area contributed by atoms with Crippen LogP contribution in [0.2, 0.25) is 0 Å². The van der Waals surface area contributed by atoms with Gasteiger partial charge in [-0.2, -0.15) is 0 Å². The van der Waals surface area contributed by atoms with Crippen LogP contribution in [-0.2, 0) is 11.2 Å². The molecule has 0 radical (unpaired) electrons. The average Bonchev–Trinajstić information content (AvgIpc) is 2.44. The average molecular weight is 352 g/mol. The second-order valence-corrected chi connectivity index (χ2v) is 5.85. The molecule has 2 aromatic rings. The third-order valence-corrected chi connectivity index (χ3v) is 3.71. The predicted molar refractivity (Wildman–Crippen MR) is 86.6 cm³/mol. The Bertz CT molecular complexity index is 556. The van der Waals surface area contributed by atoms with E-state index in [4.69, 9.17) is 10.5 Å². The van der Waals surface area contributed by atoms with Gasteiger partial charge in [0.2, 0.25) is 0 Å². The van der Waals surface area contributed by atoms with E-state index in [-0.39, 0.29) is 18.0 Å². The second kappa shape index (κ2) is 7.69. The molecular weight excluding hydrogens is 333 g/mol. The molecule has 2 atom stereocenters. The summed E-state index contributed by atoms with van der Waals surface area (Å²) >= 11 is 3.30. The summed E-state index contributed by atoms with van der Waals surface area (Å²) in [6.45, 7) is 2.53. The Morgan fingerprint density at radius 1 is 1.19 bits per heavy atom. The van der Waals surface area contributed by atoms with Crippen molar-refractivity contribution in [1.29, 1.82) is 0 Å². The number of nitrogens with two attached hydrogens (primary N) is 1. The van der Waals surface area contributed by atoms with Gasteiger partial charge in [-0.15, -0.1) is 0 Å². The molecule has 2 nitrogen and oxygen atoms in total. The van der Waals surface area contributed by atoms with E-state index in [1.807, 2.05) is 43.3 Å². The fourth-order valence-electron chi connectivity index (χ4n) is 2.40. The van der Waals surface area contributed by atoms with Crippen LogP contribution in [0.25, 0.3) is 0 Å². The highest BCUT2D eigenvalue weighted by Gasteiger charge is 2.20. The molecule has 21 heavy (non-hydrogen) atoms. The van der Waals surface area contributed by atoms with Crippen molar-refractivity contribution in [2.24, 2.45) is 5.73 Å². The number of rotatable bonds is 6. The molecule has 0 heterocycles. The molecule has 0 bridgehead atoms. The zero-order valence-corrected chi connectivity index (χ0v) is 13.5. The van der Waals surface area contributed by atoms with Crippen molar-refractivity contribution in [3.8, 4) is 0 Å². The Hall–Kier alpha value is -1.23. The van der Waals surface area contributed by atoms with Gasteiger partial charge >= 0.3 is 0 Å². The van der Waals surface area contributed by atoms with Crippen LogP contribution in [0.4, 0.5) is 4.39 Å². The van der Waals surface area contributed by atoms with E-state index >= 15 is 0 Å². The Morgan fingerprint density at radius 3 is 2.52 bits per heavy atom. The van der Waals surface area contributed by atoms with E-state index in [1.165, 1.54) is 12.1 Å². The fraction of sp³-hybridized carbons (Fsp3) is 0.294. The summed E-state index contributed by atoms with van der Waals surface area (Å²) in [4.78, 5) is 0. The third-order valence-electron chi connectivity index (χ3n) is 3.26. The molecule has 0 aliphatic rings. The van der Waals surface area contributed by atoms with Gasteiger partial charge in [-0.25, -0.2) is 4.39 Å². The van der Waals surface area contributed by atoms with E-state index < -0.39 is 0 Å². The standard InChI is InChI=1S/C17H19BrFNO/c1-2-21-17(13-6-4-3-5-7-13)16(20)10-12-8-14(18)11-15(19)9-12/h3-9,11,16-17H,2,10,20H2,1H3. The van der Waals surface area contributed by atoms with Crippen LogP contribution in [-0.4, -0.2) is 12.6 Å². The highest BCUT2D eigenvalue weighted by molar-refractivity contribution is 9.10. The highest BCUT2D eigenvalue weighted by atomic mass is 79.9. The summed E-state index contributed by atoms with van der Waals surface area (Å²) in [5.41, 5.74) is 8.21. The van der Waals surface area contributed by atoms with Crippen LogP contribution < -0.4 is 5.73 Å². The number of ether oxygens (including phenoxy) is 1. The van der Waals surface area contributed by atoms with Crippen LogP contribution in [0, 0.1) is 5.82 Å². The lowest BCUT2D eigenvalue weighted by atomic mass is 9.96. The second-order valence-electron chi connectivity index (χ2n) is 4.93. The molecule has 0 amide bonds. The summed E-state index contributed by atoms with van der Waals surface area (Å²) in [6, 6.07) is 14.5. The molecule has 0 saturated carbocycles. The first-order valence-electron chi connectivity index (χ1n) is 6.97. The van der Waals surface area contributed by atoms with Crippen molar-refractivity contribution in [3.63, 3.8) is 0 Å². The zero-order valence-electron chi connectivity index (χ0n) is 11.9. The minimum Gasteiger partial charge on any atom is -0.372 e. The van der Waals surface area contributed by atoms with Gasteiger partial charge in [0, 0.05) is 17.1 Å². The number of benzene rings is 2. The minimum atomic E-state index is -0.265. The number of hydrogen-bond acceptors (Lipinski definition) is 2. The van der Waals surface area contributed by atoms with Crippen LogP contribution in [0.5, 0.6) is 0 Å². The Morgan fingerprint density at radius 2 is 1.90 bits per heavy atom. The van der Waals surface area contributed by atoms with Crippen molar-refractivity contribution < 1.29 is 9.13 Å². The summed E-state index contributed by atoms with van der Waals surface area (Å²) in [5.74, 6) is -0.265. The van der Waals surface area contributed by atoms with E-state index in [0.29, 0.717) is 13.0 Å². The lowest BCUT2D eigenvalue weighted by Crippen LogP contribution is -2.32. The van der Waals surface area contributed by atoms with Crippen LogP contribution in [0.1, 0.15) is 24.2 Å². The van der Waals surface area contributed by atoms with Gasteiger partial charge in [-0.3, -0.25) is 0 Å². The molecule has 2 rings (SSSR count). The largest absolute Gasteiger partial charge is 0.372 e. The Labute approximate surface area is 133 Å². The number of halogens is 2. The Kier molecular flexibility index (Phi) is 5.91. The Balaban J connectivity index is 2.17. The molecule has 2 unspecified atom stereocenters. The van der Waals surface area contributed by atoms with Crippen molar-refractivity contribution in [2.75, 3.05) is 6.61 Å². The highest BCUT2D eigenvalue weighted by Crippen LogP contribution is 2.24. The molecule has 0 aliphatic carbocycles. The van der Waals surface area contributed by atoms with Gasteiger partial charge in [-0.1, -0.05) is 46.3 Å². The first kappa shape index (κ1) is 16.1. The van der Waals surface area contributed by atoms with Crippen LogP contribution in [0.3, 0.4) is 0 Å². The van der Waals surface area contributed by atoms with Crippen LogP contribution in [0.15, 0.2) is 53.0 Å². The van der Waals surface area contributed by atoms with Crippen molar-refractivity contribution in [1.82, 2.24) is 0 Å². The van der Waals surface area contributed by atoms with E-state index in [0.717, 1.165) is 15.6 Å². The van der Waals surface area contributed by atoms with Gasteiger partial charge in [-0.05, 0) is 42.7 Å². The lowest BCUT2D eigenvalue weighted by Gasteiger charge is -2.24. The molecular formula is C17H19BrFNO.